The summed E-state index contributed by atoms with van der Waals surface area (Å²) in [6.07, 6.45) is 1.35. The van der Waals surface area contributed by atoms with Gasteiger partial charge in [-0.25, -0.2) is 4.79 Å². The smallest absolute Gasteiger partial charge is 0.338 e. The van der Waals surface area contributed by atoms with Gasteiger partial charge in [-0.1, -0.05) is 12.1 Å². The van der Waals surface area contributed by atoms with Gasteiger partial charge in [0.25, 0.3) is 5.91 Å². The Labute approximate surface area is 179 Å². The van der Waals surface area contributed by atoms with Gasteiger partial charge in [-0.05, 0) is 56.2 Å². The first kappa shape index (κ1) is 20.6. The molecule has 1 unspecified atom stereocenters. The lowest BCUT2D eigenvalue weighted by Gasteiger charge is -2.25. The number of ether oxygens (including phenoxy) is 1. The van der Waals surface area contributed by atoms with Crippen LogP contribution in [0.1, 0.15) is 40.5 Å². The molecule has 1 saturated heterocycles. The van der Waals surface area contributed by atoms with Crippen molar-refractivity contribution in [3.05, 3.63) is 59.7 Å². The van der Waals surface area contributed by atoms with Crippen molar-refractivity contribution in [2.75, 3.05) is 29.9 Å². The molecule has 2 aliphatic heterocycles. The van der Waals surface area contributed by atoms with Gasteiger partial charge in [0.15, 0.2) is 0 Å². The van der Waals surface area contributed by atoms with Crippen molar-refractivity contribution in [1.82, 2.24) is 4.90 Å². The number of hydrogen-bond acceptors (Lipinski definition) is 5. The van der Waals surface area contributed by atoms with E-state index in [-0.39, 0.29) is 25.0 Å². The lowest BCUT2D eigenvalue weighted by Crippen LogP contribution is -2.47. The van der Waals surface area contributed by atoms with E-state index in [1.54, 1.807) is 60.4 Å². The minimum absolute atomic E-state index is 0.177. The highest BCUT2D eigenvalue weighted by Crippen LogP contribution is 2.32. The molecule has 0 aromatic heterocycles. The molecule has 31 heavy (non-hydrogen) atoms. The molecule has 160 valence electrons. The van der Waals surface area contributed by atoms with Crippen LogP contribution in [0.2, 0.25) is 0 Å². The quantitative estimate of drug-likeness (QED) is 0.748. The van der Waals surface area contributed by atoms with Crippen molar-refractivity contribution < 1.29 is 23.9 Å². The average Bonchev–Trinajstić information content (AvgIpc) is 3.24. The first-order chi connectivity index (χ1) is 15.0. The second-order valence-electron chi connectivity index (χ2n) is 7.44. The summed E-state index contributed by atoms with van der Waals surface area (Å²) in [7, 11) is 0. The van der Waals surface area contributed by atoms with Gasteiger partial charge in [-0.3, -0.25) is 14.4 Å². The molecule has 1 atom stereocenters. The first-order valence-corrected chi connectivity index (χ1v) is 10.3. The Morgan fingerprint density at radius 1 is 1.10 bits per heavy atom. The molecule has 0 radical (unpaired) electrons. The van der Waals surface area contributed by atoms with Crippen molar-refractivity contribution >= 4 is 35.1 Å². The van der Waals surface area contributed by atoms with Crippen LogP contribution in [0, 0.1) is 0 Å². The summed E-state index contributed by atoms with van der Waals surface area (Å²) in [5.41, 5.74) is 1.75. The number of hydrogen-bond donors (Lipinski definition) is 1. The molecular weight excluding hydrogens is 398 g/mol. The van der Waals surface area contributed by atoms with Crippen LogP contribution < -0.4 is 10.2 Å². The van der Waals surface area contributed by atoms with Crippen LogP contribution in [0.3, 0.4) is 0 Å². The van der Waals surface area contributed by atoms with E-state index in [1.807, 2.05) is 0 Å². The van der Waals surface area contributed by atoms with Gasteiger partial charge in [-0.2, -0.15) is 0 Å². The second kappa shape index (κ2) is 8.59. The number of nitrogens with zero attached hydrogens (tertiary/aromatic N) is 2. The van der Waals surface area contributed by atoms with Crippen LogP contribution in [0.5, 0.6) is 0 Å². The predicted octanol–water partition coefficient (Wildman–Crippen LogP) is 2.45. The van der Waals surface area contributed by atoms with Crippen LogP contribution in [0.25, 0.3) is 0 Å². The molecule has 0 spiro atoms. The van der Waals surface area contributed by atoms with Gasteiger partial charge >= 0.3 is 5.97 Å². The number of nitrogens with one attached hydrogen (secondary N) is 1. The third-order valence-corrected chi connectivity index (χ3v) is 5.47. The lowest BCUT2D eigenvalue weighted by molar-refractivity contribution is -0.124. The maximum atomic E-state index is 13.2. The molecule has 0 saturated carbocycles. The highest BCUT2D eigenvalue weighted by atomic mass is 16.5. The molecule has 2 aromatic rings. The number of amides is 3. The normalized spacial score (nSPS) is 17.6. The standard InChI is InChI=1S/C23H23N3O5/c1-2-31-23(30)15-9-11-16(12-10-15)24-20(27)14-26-18-7-4-3-6-17(18)21(28)25-13-5-8-19(25)22(26)29/h3-4,6-7,9-12,19H,2,5,8,13-14H2,1H3,(H,24,27). The van der Waals surface area contributed by atoms with E-state index >= 15 is 0 Å². The number of carbonyl (C=O) groups is 4. The van der Waals surface area contributed by atoms with Crippen molar-refractivity contribution in [3.63, 3.8) is 0 Å². The zero-order chi connectivity index (χ0) is 22.0. The van der Waals surface area contributed by atoms with Crippen LogP contribution in [0.15, 0.2) is 48.5 Å². The Kier molecular flexibility index (Phi) is 5.70. The molecule has 8 nitrogen and oxygen atoms in total. The zero-order valence-corrected chi connectivity index (χ0v) is 17.2. The number of fused-ring (bicyclic) bond motifs is 2. The molecular formula is C23H23N3O5. The van der Waals surface area contributed by atoms with Gasteiger partial charge in [0, 0.05) is 12.2 Å². The Balaban J connectivity index is 1.53. The average molecular weight is 421 g/mol. The SMILES string of the molecule is CCOC(=O)c1ccc(NC(=O)CN2C(=O)C3CCCN3C(=O)c3ccccc32)cc1. The molecule has 1 fully saturated rings. The fourth-order valence-corrected chi connectivity index (χ4v) is 4.02. The molecule has 2 aliphatic rings. The predicted molar refractivity (Wildman–Crippen MR) is 114 cm³/mol. The highest BCUT2D eigenvalue weighted by molar-refractivity contribution is 6.13. The van der Waals surface area contributed by atoms with Crippen molar-refractivity contribution in [3.8, 4) is 0 Å². The van der Waals surface area contributed by atoms with Crippen molar-refractivity contribution in [2.24, 2.45) is 0 Å². The molecule has 2 heterocycles. The second-order valence-corrected chi connectivity index (χ2v) is 7.44. The third kappa shape index (κ3) is 4.01. The lowest BCUT2D eigenvalue weighted by atomic mass is 10.1. The molecule has 8 heteroatoms. The largest absolute Gasteiger partial charge is 0.462 e. The van der Waals surface area contributed by atoms with E-state index in [9.17, 15) is 19.2 Å². The summed E-state index contributed by atoms with van der Waals surface area (Å²) in [6, 6.07) is 12.7. The Hall–Kier alpha value is -3.68. The third-order valence-electron chi connectivity index (χ3n) is 5.47. The minimum Gasteiger partial charge on any atom is -0.462 e. The highest BCUT2D eigenvalue weighted by Gasteiger charge is 2.42. The number of benzene rings is 2. The van der Waals surface area contributed by atoms with Gasteiger partial charge in [0.05, 0.1) is 23.4 Å². The molecule has 4 rings (SSSR count). The summed E-state index contributed by atoms with van der Waals surface area (Å²) in [4.78, 5) is 53.6. The van der Waals surface area contributed by atoms with E-state index in [1.165, 1.54) is 4.90 Å². The van der Waals surface area contributed by atoms with E-state index in [0.29, 0.717) is 35.5 Å². The Morgan fingerprint density at radius 3 is 2.58 bits per heavy atom. The fraction of sp³-hybridized carbons (Fsp3) is 0.304. The minimum atomic E-state index is -0.545. The first-order valence-electron chi connectivity index (χ1n) is 10.3. The topological polar surface area (TPSA) is 96.0 Å². The Bertz CT molecular complexity index is 1030. The van der Waals surface area contributed by atoms with Gasteiger partial charge < -0.3 is 19.9 Å². The van der Waals surface area contributed by atoms with E-state index in [0.717, 1.165) is 6.42 Å². The molecule has 1 N–H and O–H groups in total. The number of para-hydroxylation sites is 1. The van der Waals surface area contributed by atoms with Crippen LogP contribution in [-0.4, -0.2) is 54.3 Å². The van der Waals surface area contributed by atoms with E-state index < -0.39 is 17.9 Å². The number of esters is 1. The van der Waals surface area contributed by atoms with Gasteiger partial charge in [0.2, 0.25) is 11.8 Å². The molecule has 3 amide bonds. The summed E-state index contributed by atoms with van der Waals surface area (Å²) in [5, 5.41) is 2.75. The zero-order valence-electron chi connectivity index (χ0n) is 17.2. The van der Waals surface area contributed by atoms with Crippen molar-refractivity contribution in [2.45, 2.75) is 25.8 Å². The van der Waals surface area contributed by atoms with Crippen LogP contribution in [0.4, 0.5) is 11.4 Å². The molecule has 2 aromatic carbocycles. The van der Waals surface area contributed by atoms with Crippen LogP contribution >= 0.6 is 0 Å². The van der Waals surface area contributed by atoms with Gasteiger partial charge in [0.1, 0.15) is 12.6 Å². The Morgan fingerprint density at radius 2 is 1.84 bits per heavy atom. The summed E-state index contributed by atoms with van der Waals surface area (Å²) >= 11 is 0. The van der Waals surface area contributed by atoms with E-state index in [2.05, 4.69) is 5.32 Å². The number of rotatable bonds is 5. The van der Waals surface area contributed by atoms with E-state index in [4.69, 9.17) is 4.74 Å². The maximum Gasteiger partial charge on any atom is 0.338 e. The summed E-state index contributed by atoms with van der Waals surface area (Å²) in [5.74, 6) is -1.25. The molecule has 0 aliphatic carbocycles. The fourth-order valence-electron chi connectivity index (χ4n) is 4.02. The number of carbonyl (C=O) groups excluding carboxylic acids is 4. The summed E-state index contributed by atoms with van der Waals surface area (Å²) < 4.78 is 4.95. The number of anilines is 2. The maximum absolute atomic E-state index is 13.2. The van der Waals surface area contributed by atoms with Crippen molar-refractivity contribution in [1.29, 1.82) is 0 Å². The summed E-state index contributed by atoms with van der Waals surface area (Å²) in [6.45, 7) is 2.33. The monoisotopic (exact) mass is 421 g/mol. The van der Waals surface area contributed by atoms with Gasteiger partial charge in [-0.15, -0.1) is 0 Å². The molecule has 0 bridgehead atoms. The van der Waals surface area contributed by atoms with Crippen LogP contribution in [-0.2, 0) is 14.3 Å².